The third-order valence-electron chi connectivity index (χ3n) is 4.87. The number of carbonyl (C=O) groups is 1. The molecule has 8 heteroatoms. The van der Waals surface area contributed by atoms with E-state index in [9.17, 15) is 13.2 Å². The first-order chi connectivity index (χ1) is 15.4. The summed E-state index contributed by atoms with van der Waals surface area (Å²) in [7, 11) is -2.29. The standard InChI is InChI=1S/C24H25ClN2O4S/c1-31-22-11-7-19(8-12-22)15-16-26-24(28)18-27(17-20-5-3-2-4-6-20)32(29,30)23-13-9-21(25)10-14-23/h2-14H,15-18H2,1H3,(H,26,28). The number of carbonyl (C=O) groups excluding carboxylic acids is 1. The highest BCUT2D eigenvalue weighted by molar-refractivity contribution is 7.89. The fourth-order valence-corrected chi connectivity index (χ4v) is 4.63. The van der Waals surface area contributed by atoms with E-state index in [4.69, 9.17) is 16.3 Å². The highest BCUT2D eigenvalue weighted by Gasteiger charge is 2.26. The molecule has 1 N–H and O–H groups in total. The Morgan fingerprint density at radius 3 is 2.22 bits per heavy atom. The lowest BCUT2D eigenvalue weighted by Crippen LogP contribution is -2.40. The summed E-state index contributed by atoms with van der Waals surface area (Å²) in [4.78, 5) is 12.7. The molecule has 0 atom stereocenters. The van der Waals surface area contributed by atoms with E-state index in [0.717, 1.165) is 16.9 Å². The van der Waals surface area contributed by atoms with Crippen molar-refractivity contribution < 1.29 is 17.9 Å². The predicted molar refractivity (Wildman–Crippen MR) is 125 cm³/mol. The topological polar surface area (TPSA) is 75.7 Å². The van der Waals surface area contributed by atoms with Crippen LogP contribution in [0.25, 0.3) is 0 Å². The van der Waals surface area contributed by atoms with E-state index in [-0.39, 0.29) is 23.9 Å². The van der Waals surface area contributed by atoms with Crippen LogP contribution in [0.5, 0.6) is 5.75 Å². The molecule has 3 aromatic carbocycles. The van der Waals surface area contributed by atoms with Gasteiger partial charge in [-0.1, -0.05) is 54.1 Å². The van der Waals surface area contributed by atoms with Gasteiger partial charge in [-0.25, -0.2) is 8.42 Å². The molecule has 3 rings (SSSR count). The molecular weight excluding hydrogens is 448 g/mol. The number of amides is 1. The molecule has 168 valence electrons. The predicted octanol–water partition coefficient (Wildman–Crippen LogP) is 3.90. The molecule has 0 heterocycles. The zero-order valence-electron chi connectivity index (χ0n) is 17.7. The van der Waals surface area contributed by atoms with E-state index < -0.39 is 10.0 Å². The molecule has 0 aliphatic carbocycles. The van der Waals surface area contributed by atoms with Crippen LogP contribution in [0.1, 0.15) is 11.1 Å². The lowest BCUT2D eigenvalue weighted by Gasteiger charge is -2.22. The number of halogens is 1. The van der Waals surface area contributed by atoms with Gasteiger partial charge in [0.2, 0.25) is 15.9 Å². The molecule has 0 saturated carbocycles. The number of hydrogen-bond donors (Lipinski definition) is 1. The number of nitrogens with zero attached hydrogens (tertiary/aromatic N) is 1. The maximum atomic E-state index is 13.2. The fraction of sp³-hybridized carbons (Fsp3) is 0.208. The molecule has 0 bridgehead atoms. The van der Waals surface area contributed by atoms with Gasteiger partial charge >= 0.3 is 0 Å². The van der Waals surface area contributed by atoms with Crippen LogP contribution in [0.3, 0.4) is 0 Å². The van der Waals surface area contributed by atoms with E-state index >= 15 is 0 Å². The molecule has 0 aliphatic heterocycles. The summed E-state index contributed by atoms with van der Waals surface area (Å²) in [6.45, 7) is 0.186. The van der Waals surface area contributed by atoms with E-state index in [1.165, 1.54) is 28.6 Å². The van der Waals surface area contributed by atoms with Gasteiger partial charge in [0.15, 0.2) is 0 Å². The van der Waals surface area contributed by atoms with Gasteiger partial charge < -0.3 is 10.1 Å². The molecule has 0 spiro atoms. The van der Waals surface area contributed by atoms with Crippen molar-refractivity contribution in [2.45, 2.75) is 17.9 Å². The van der Waals surface area contributed by atoms with Gasteiger partial charge in [-0.05, 0) is 53.9 Å². The first-order valence-electron chi connectivity index (χ1n) is 10.1. The van der Waals surface area contributed by atoms with Crippen LogP contribution in [-0.2, 0) is 27.8 Å². The summed E-state index contributed by atoms with van der Waals surface area (Å²) in [6.07, 6.45) is 0.623. The summed E-state index contributed by atoms with van der Waals surface area (Å²) < 4.78 is 32.8. The summed E-state index contributed by atoms with van der Waals surface area (Å²) >= 11 is 5.90. The smallest absolute Gasteiger partial charge is 0.243 e. The molecule has 0 aliphatic rings. The molecular formula is C24H25ClN2O4S. The molecule has 0 aromatic heterocycles. The summed E-state index contributed by atoms with van der Waals surface area (Å²) in [5.41, 5.74) is 1.83. The fourth-order valence-electron chi connectivity index (χ4n) is 3.12. The van der Waals surface area contributed by atoms with Gasteiger partial charge in [0.05, 0.1) is 18.6 Å². The van der Waals surface area contributed by atoms with Crippen molar-refractivity contribution in [2.24, 2.45) is 0 Å². The minimum atomic E-state index is -3.90. The van der Waals surface area contributed by atoms with Crippen molar-refractivity contribution in [3.05, 3.63) is 95.0 Å². The zero-order chi connectivity index (χ0) is 23.0. The Bertz CT molecular complexity index is 1120. The normalized spacial score (nSPS) is 11.3. The second kappa shape index (κ2) is 11.1. The van der Waals surface area contributed by atoms with Crippen LogP contribution in [0.4, 0.5) is 0 Å². The quantitative estimate of drug-likeness (QED) is 0.485. The third-order valence-corrected chi connectivity index (χ3v) is 6.93. The molecule has 0 unspecified atom stereocenters. The van der Waals surface area contributed by atoms with Crippen molar-refractivity contribution in [3.63, 3.8) is 0 Å². The average Bonchev–Trinajstić information content (AvgIpc) is 2.80. The molecule has 0 radical (unpaired) electrons. The van der Waals surface area contributed by atoms with Crippen LogP contribution in [0.2, 0.25) is 5.02 Å². The van der Waals surface area contributed by atoms with Gasteiger partial charge in [0.25, 0.3) is 0 Å². The van der Waals surface area contributed by atoms with Crippen LogP contribution in [0, 0.1) is 0 Å². The lowest BCUT2D eigenvalue weighted by atomic mass is 10.1. The Morgan fingerprint density at radius 2 is 1.59 bits per heavy atom. The monoisotopic (exact) mass is 472 g/mol. The largest absolute Gasteiger partial charge is 0.497 e. The molecule has 1 amide bonds. The molecule has 6 nitrogen and oxygen atoms in total. The number of hydrogen-bond acceptors (Lipinski definition) is 4. The first-order valence-corrected chi connectivity index (χ1v) is 11.9. The van der Waals surface area contributed by atoms with Crippen LogP contribution in [0.15, 0.2) is 83.8 Å². The maximum absolute atomic E-state index is 13.2. The summed E-state index contributed by atoms with van der Waals surface area (Å²) in [5.74, 6) is 0.397. The molecule has 0 saturated heterocycles. The Balaban J connectivity index is 1.68. The Labute approximate surface area is 193 Å². The number of ether oxygens (including phenoxy) is 1. The third kappa shape index (κ3) is 6.56. The van der Waals surface area contributed by atoms with Gasteiger partial charge in [0, 0.05) is 18.1 Å². The number of sulfonamides is 1. The highest BCUT2D eigenvalue weighted by Crippen LogP contribution is 2.20. The van der Waals surface area contributed by atoms with Gasteiger partial charge in [-0.3, -0.25) is 4.79 Å². The minimum absolute atomic E-state index is 0.0811. The number of rotatable bonds is 10. The van der Waals surface area contributed by atoms with Crippen molar-refractivity contribution in [1.82, 2.24) is 9.62 Å². The highest BCUT2D eigenvalue weighted by atomic mass is 35.5. The van der Waals surface area contributed by atoms with Crippen molar-refractivity contribution in [1.29, 1.82) is 0 Å². The Kier molecular flexibility index (Phi) is 8.27. The molecule has 3 aromatic rings. The van der Waals surface area contributed by atoms with Crippen molar-refractivity contribution in [2.75, 3.05) is 20.2 Å². The number of benzene rings is 3. The summed E-state index contributed by atoms with van der Waals surface area (Å²) in [5, 5.41) is 3.25. The van der Waals surface area contributed by atoms with Gasteiger partial charge in [0.1, 0.15) is 5.75 Å². The Hall–Kier alpha value is -2.87. The first kappa shape index (κ1) is 23.8. The maximum Gasteiger partial charge on any atom is 0.243 e. The van der Waals surface area contributed by atoms with Crippen LogP contribution < -0.4 is 10.1 Å². The minimum Gasteiger partial charge on any atom is -0.497 e. The van der Waals surface area contributed by atoms with Crippen molar-refractivity contribution >= 4 is 27.5 Å². The van der Waals surface area contributed by atoms with Crippen LogP contribution in [-0.4, -0.2) is 38.8 Å². The summed E-state index contributed by atoms with van der Waals surface area (Å²) in [6, 6.07) is 22.7. The van der Waals surface area contributed by atoms with E-state index in [1.807, 2.05) is 54.6 Å². The number of methoxy groups -OCH3 is 1. The zero-order valence-corrected chi connectivity index (χ0v) is 19.3. The van der Waals surface area contributed by atoms with Gasteiger partial charge in [-0.2, -0.15) is 4.31 Å². The second-order valence-electron chi connectivity index (χ2n) is 7.16. The SMILES string of the molecule is COc1ccc(CCNC(=O)CN(Cc2ccccc2)S(=O)(=O)c2ccc(Cl)cc2)cc1. The molecule has 0 fully saturated rings. The van der Waals surface area contributed by atoms with E-state index in [2.05, 4.69) is 5.32 Å². The Morgan fingerprint density at radius 1 is 0.938 bits per heavy atom. The second-order valence-corrected chi connectivity index (χ2v) is 9.54. The van der Waals surface area contributed by atoms with Crippen LogP contribution >= 0.6 is 11.6 Å². The van der Waals surface area contributed by atoms with Gasteiger partial charge in [-0.15, -0.1) is 0 Å². The lowest BCUT2D eigenvalue weighted by molar-refractivity contribution is -0.121. The van der Waals surface area contributed by atoms with Crippen molar-refractivity contribution in [3.8, 4) is 5.75 Å². The number of nitrogens with one attached hydrogen (secondary N) is 1. The molecule has 32 heavy (non-hydrogen) atoms. The van der Waals surface area contributed by atoms with E-state index in [0.29, 0.717) is 18.0 Å². The average molecular weight is 473 g/mol. The van der Waals surface area contributed by atoms with E-state index in [1.54, 1.807) is 7.11 Å².